The quantitative estimate of drug-likeness (QED) is 0.587. The van der Waals surface area contributed by atoms with E-state index in [1.165, 1.54) is 6.26 Å². The third-order valence-corrected chi connectivity index (χ3v) is 6.30. The minimum Gasteiger partial charge on any atom is -0.423 e. The smallest absolute Gasteiger partial charge is 0.336 e. The maximum Gasteiger partial charge on any atom is 0.336 e. The van der Waals surface area contributed by atoms with E-state index >= 15 is 0 Å². The Morgan fingerprint density at radius 3 is 2.36 bits per heavy atom. The Morgan fingerprint density at radius 1 is 1.07 bits per heavy atom. The van der Waals surface area contributed by atoms with Gasteiger partial charge in [0.15, 0.2) is 9.84 Å². The Labute approximate surface area is 165 Å². The van der Waals surface area contributed by atoms with E-state index in [4.69, 9.17) is 4.42 Å². The molecule has 0 bridgehead atoms. The standard InChI is InChI=1S/C22H25NO4S/c1-5-16-6-11-20-18(13-22(24)27-21(20)12-16)14-23(3)15(2)17-7-9-19(10-8-17)28(4,25)26/h6-13,15H,5,14H2,1-4H3. The molecule has 1 atom stereocenters. The fourth-order valence-corrected chi connectivity index (χ4v) is 3.91. The van der Waals surface area contributed by atoms with Crippen molar-refractivity contribution in [2.45, 2.75) is 37.8 Å². The van der Waals surface area contributed by atoms with Crippen LogP contribution in [0.15, 0.2) is 62.6 Å². The minimum absolute atomic E-state index is 0.0471. The van der Waals surface area contributed by atoms with Crippen molar-refractivity contribution in [3.63, 3.8) is 0 Å². The van der Waals surface area contributed by atoms with Crippen molar-refractivity contribution in [1.29, 1.82) is 0 Å². The van der Waals surface area contributed by atoms with Gasteiger partial charge in [0, 0.05) is 30.3 Å². The third kappa shape index (κ3) is 4.34. The van der Waals surface area contributed by atoms with Crippen LogP contribution >= 0.6 is 0 Å². The molecule has 0 saturated carbocycles. The van der Waals surface area contributed by atoms with Gasteiger partial charge in [-0.3, -0.25) is 4.90 Å². The number of nitrogens with zero attached hydrogens (tertiary/aromatic N) is 1. The zero-order chi connectivity index (χ0) is 20.5. The largest absolute Gasteiger partial charge is 0.423 e. The summed E-state index contributed by atoms with van der Waals surface area (Å²) < 4.78 is 28.7. The fourth-order valence-electron chi connectivity index (χ4n) is 3.28. The summed E-state index contributed by atoms with van der Waals surface area (Å²) in [4.78, 5) is 14.4. The second-order valence-corrected chi connectivity index (χ2v) is 9.22. The number of aryl methyl sites for hydroxylation is 1. The highest BCUT2D eigenvalue weighted by Gasteiger charge is 2.16. The highest BCUT2D eigenvalue weighted by molar-refractivity contribution is 7.90. The van der Waals surface area contributed by atoms with Crippen LogP contribution in [0.4, 0.5) is 0 Å². The van der Waals surface area contributed by atoms with Gasteiger partial charge in [0.2, 0.25) is 0 Å². The van der Waals surface area contributed by atoms with Gasteiger partial charge in [-0.2, -0.15) is 0 Å². The Hall–Kier alpha value is -2.44. The molecule has 2 aromatic carbocycles. The predicted molar refractivity (Wildman–Crippen MR) is 111 cm³/mol. The summed E-state index contributed by atoms with van der Waals surface area (Å²) in [6.07, 6.45) is 2.08. The van der Waals surface area contributed by atoms with Crippen LogP contribution in [-0.2, 0) is 22.8 Å². The van der Waals surface area contributed by atoms with Gasteiger partial charge in [-0.05, 0) is 55.3 Å². The summed E-state index contributed by atoms with van der Waals surface area (Å²) in [6.45, 7) is 4.69. The first kappa shape index (κ1) is 20.3. The zero-order valence-electron chi connectivity index (χ0n) is 16.6. The van der Waals surface area contributed by atoms with Crippen LogP contribution in [-0.4, -0.2) is 26.6 Å². The van der Waals surface area contributed by atoms with Crippen LogP contribution in [0.1, 0.15) is 36.6 Å². The molecule has 0 N–H and O–H groups in total. The summed E-state index contributed by atoms with van der Waals surface area (Å²) in [5, 5.41) is 0.934. The lowest BCUT2D eigenvalue weighted by atomic mass is 10.0. The Bertz CT molecular complexity index is 1150. The van der Waals surface area contributed by atoms with Gasteiger partial charge >= 0.3 is 5.63 Å². The Balaban J connectivity index is 1.88. The summed E-state index contributed by atoms with van der Waals surface area (Å²) in [5.74, 6) is 0. The molecule has 0 spiro atoms. The van der Waals surface area contributed by atoms with E-state index in [1.807, 2.05) is 31.3 Å². The molecule has 0 fully saturated rings. The topological polar surface area (TPSA) is 67.6 Å². The first-order chi connectivity index (χ1) is 13.2. The molecule has 0 aliphatic carbocycles. The van der Waals surface area contributed by atoms with E-state index in [2.05, 4.69) is 24.8 Å². The molecule has 0 saturated heterocycles. The number of hydrogen-bond acceptors (Lipinski definition) is 5. The normalized spacial score (nSPS) is 13.2. The summed E-state index contributed by atoms with van der Waals surface area (Å²) >= 11 is 0. The van der Waals surface area contributed by atoms with Gasteiger partial charge in [0.25, 0.3) is 0 Å². The SMILES string of the molecule is CCc1ccc2c(CN(C)C(C)c3ccc(S(C)(=O)=O)cc3)cc(=O)oc2c1. The average molecular weight is 400 g/mol. The predicted octanol–water partition coefficient (Wildman–Crippen LogP) is 3.95. The van der Waals surface area contributed by atoms with E-state index in [9.17, 15) is 13.2 Å². The maximum atomic E-state index is 12.0. The van der Waals surface area contributed by atoms with Gasteiger partial charge in [0.05, 0.1) is 4.90 Å². The zero-order valence-corrected chi connectivity index (χ0v) is 17.4. The Kier molecular flexibility index (Phi) is 5.72. The first-order valence-corrected chi connectivity index (χ1v) is 11.1. The molecule has 1 heterocycles. The van der Waals surface area contributed by atoms with E-state index in [1.54, 1.807) is 18.2 Å². The van der Waals surface area contributed by atoms with Crippen LogP contribution in [0.3, 0.4) is 0 Å². The van der Waals surface area contributed by atoms with Crippen molar-refractivity contribution in [3.05, 3.63) is 75.6 Å². The van der Waals surface area contributed by atoms with Crippen LogP contribution in [0.2, 0.25) is 0 Å². The Morgan fingerprint density at radius 2 is 1.75 bits per heavy atom. The molecule has 0 aliphatic rings. The van der Waals surface area contributed by atoms with Crippen molar-refractivity contribution >= 4 is 20.8 Å². The second kappa shape index (κ2) is 7.89. The van der Waals surface area contributed by atoms with Gasteiger partial charge < -0.3 is 4.42 Å². The van der Waals surface area contributed by atoms with Gasteiger partial charge in [-0.15, -0.1) is 0 Å². The van der Waals surface area contributed by atoms with Gasteiger partial charge in [-0.25, -0.2) is 13.2 Å². The number of fused-ring (bicyclic) bond motifs is 1. The molecular formula is C22H25NO4S. The highest BCUT2D eigenvalue weighted by Crippen LogP contribution is 2.25. The molecule has 0 aliphatic heterocycles. The third-order valence-electron chi connectivity index (χ3n) is 5.17. The summed E-state index contributed by atoms with van der Waals surface area (Å²) in [6, 6.07) is 14.5. The molecule has 3 aromatic rings. The van der Waals surface area contributed by atoms with Crippen molar-refractivity contribution in [1.82, 2.24) is 4.90 Å². The van der Waals surface area contributed by atoms with Crippen LogP contribution in [0.25, 0.3) is 11.0 Å². The maximum absolute atomic E-state index is 12.0. The van der Waals surface area contributed by atoms with E-state index in [0.29, 0.717) is 17.0 Å². The number of sulfone groups is 1. The van der Waals surface area contributed by atoms with E-state index in [-0.39, 0.29) is 11.7 Å². The summed E-state index contributed by atoms with van der Waals surface area (Å²) in [7, 11) is -1.23. The highest BCUT2D eigenvalue weighted by atomic mass is 32.2. The van der Waals surface area contributed by atoms with Crippen molar-refractivity contribution in [2.24, 2.45) is 0 Å². The van der Waals surface area contributed by atoms with Crippen LogP contribution in [0.5, 0.6) is 0 Å². The van der Waals surface area contributed by atoms with Crippen molar-refractivity contribution in [3.8, 4) is 0 Å². The number of rotatable bonds is 6. The van der Waals surface area contributed by atoms with Crippen molar-refractivity contribution < 1.29 is 12.8 Å². The molecule has 6 heteroatoms. The fraction of sp³-hybridized carbons (Fsp3) is 0.318. The van der Waals surface area contributed by atoms with E-state index < -0.39 is 9.84 Å². The lowest BCUT2D eigenvalue weighted by Crippen LogP contribution is -2.22. The number of benzene rings is 2. The molecule has 5 nitrogen and oxygen atoms in total. The average Bonchev–Trinajstić information content (AvgIpc) is 2.66. The van der Waals surface area contributed by atoms with Gasteiger partial charge in [0.1, 0.15) is 5.58 Å². The van der Waals surface area contributed by atoms with Gasteiger partial charge in [-0.1, -0.05) is 31.2 Å². The monoisotopic (exact) mass is 399 g/mol. The molecule has 3 rings (SSSR count). The molecule has 0 amide bonds. The minimum atomic E-state index is -3.21. The van der Waals surface area contributed by atoms with Crippen LogP contribution < -0.4 is 5.63 Å². The lowest BCUT2D eigenvalue weighted by molar-refractivity contribution is 0.253. The van der Waals surface area contributed by atoms with E-state index in [0.717, 1.165) is 28.5 Å². The molecule has 148 valence electrons. The van der Waals surface area contributed by atoms with Crippen LogP contribution in [0, 0.1) is 0 Å². The molecular weight excluding hydrogens is 374 g/mol. The first-order valence-electron chi connectivity index (χ1n) is 9.25. The summed E-state index contributed by atoms with van der Waals surface area (Å²) in [5.41, 5.74) is 3.31. The molecule has 28 heavy (non-hydrogen) atoms. The number of hydrogen-bond donors (Lipinski definition) is 0. The lowest BCUT2D eigenvalue weighted by Gasteiger charge is -2.25. The molecule has 0 radical (unpaired) electrons. The van der Waals surface area contributed by atoms with Crippen molar-refractivity contribution in [2.75, 3.05) is 13.3 Å². The molecule has 1 aromatic heterocycles. The second-order valence-electron chi connectivity index (χ2n) is 7.21. The molecule has 1 unspecified atom stereocenters.